The molecule has 0 saturated carbocycles. The minimum atomic E-state index is -0.208. The lowest BCUT2D eigenvalue weighted by molar-refractivity contribution is -0.125. The minimum absolute atomic E-state index is 0.0747. The SMILES string of the molecule is COc1ccc(CN[C@H]2C[C@@H](C(=O)NCCc3ccc(N(C)C)cc3)N(Cc3ccccc3Cl)C2)cc1. The molecule has 1 heterocycles. The second-order valence-corrected chi connectivity index (χ2v) is 10.2. The normalized spacial score (nSPS) is 17.5. The molecule has 1 aliphatic heterocycles. The number of halogens is 1. The molecule has 4 rings (SSSR count). The van der Waals surface area contributed by atoms with Crippen LogP contribution in [0, 0.1) is 0 Å². The fourth-order valence-corrected chi connectivity index (χ4v) is 4.95. The number of amides is 1. The number of hydrogen-bond donors (Lipinski definition) is 2. The van der Waals surface area contributed by atoms with Gasteiger partial charge in [-0.25, -0.2) is 0 Å². The summed E-state index contributed by atoms with van der Waals surface area (Å²) in [6.45, 7) is 2.78. The summed E-state index contributed by atoms with van der Waals surface area (Å²) in [5.74, 6) is 0.923. The number of nitrogens with zero attached hydrogens (tertiary/aromatic N) is 2. The Morgan fingerprint density at radius 2 is 1.73 bits per heavy atom. The van der Waals surface area contributed by atoms with Crippen LogP contribution in [0.5, 0.6) is 5.75 Å². The molecule has 1 amide bonds. The van der Waals surface area contributed by atoms with Crippen molar-refractivity contribution in [1.82, 2.24) is 15.5 Å². The summed E-state index contributed by atoms with van der Waals surface area (Å²) in [5, 5.41) is 7.56. The van der Waals surface area contributed by atoms with Gasteiger partial charge in [-0.2, -0.15) is 0 Å². The van der Waals surface area contributed by atoms with Gasteiger partial charge in [0.15, 0.2) is 0 Å². The molecule has 7 heteroatoms. The van der Waals surface area contributed by atoms with Crippen LogP contribution < -0.4 is 20.3 Å². The highest BCUT2D eigenvalue weighted by atomic mass is 35.5. The first-order chi connectivity index (χ1) is 17.9. The Morgan fingerprint density at radius 3 is 2.41 bits per heavy atom. The average molecular weight is 521 g/mol. The first-order valence-corrected chi connectivity index (χ1v) is 13.2. The summed E-state index contributed by atoms with van der Waals surface area (Å²) in [7, 11) is 5.74. The van der Waals surface area contributed by atoms with Crippen molar-refractivity contribution in [3.8, 4) is 5.75 Å². The van der Waals surface area contributed by atoms with Crippen molar-refractivity contribution in [3.63, 3.8) is 0 Å². The van der Waals surface area contributed by atoms with Crippen LogP contribution >= 0.6 is 11.6 Å². The van der Waals surface area contributed by atoms with E-state index in [-0.39, 0.29) is 18.0 Å². The number of hydrogen-bond acceptors (Lipinski definition) is 5. The largest absolute Gasteiger partial charge is 0.497 e. The van der Waals surface area contributed by atoms with Gasteiger partial charge in [-0.1, -0.05) is 54.1 Å². The maximum absolute atomic E-state index is 13.3. The zero-order valence-corrected chi connectivity index (χ0v) is 22.7. The monoisotopic (exact) mass is 520 g/mol. The van der Waals surface area contributed by atoms with Crippen molar-refractivity contribution in [2.75, 3.05) is 39.2 Å². The average Bonchev–Trinajstić information content (AvgIpc) is 3.32. The van der Waals surface area contributed by atoms with Crippen LogP contribution in [0.1, 0.15) is 23.1 Å². The van der Waals surface area contributed by atoms with Crippen LogP contribution in [-0.4, -0.2) is 57.2 Å². The van der Waals surface area contributed by atoms with Crippen molar-refractivity contribution in [2.24, 2.45) is 0 Å². The number of methoxy groups -OCH3 is 1. The Hall–Kier alpha value is -3.06. The van der Waals surface area contributed by atoms with Crippen LogP contribution in [-0.2, 0) is 24.3 Å². The highest BCUT2D eigenvalue weighted by Crippen LogP contribution is 2.25. The van der Waals surface area contributed by atoms with Gasteiger partial charge in [-0.05, 0) is 59.9 Å². The molecular formula is C30H37ClN4O2. The summed E-state index contributed by atoms with van der Waals surface area (Å²) >= 11 is 6.46. The van der Waals surface area contributed by atoms with E-state index in [0.29, 0.717) is 13.1 Å². The molecule has 3 aromatic carbocycles. The van der Waals surface area contributed by atoms with Crippen LogP contribution in [0.25, 0.3) is 0 Å². The van der Waals surface area contributed by atoms with Crippen LogP contribution in [0.3, 0.4) is 0 Å². The summed E-state index contributed by atoms with van der Waals surface area (Å²) in [4.78, 5) is 17.6. The number of rotatable bonds is 11. The Labute approximate surface area is 225 Å². The lowest BCUT2D eigenvalue weighted by Gasteiger charge is -2.24. The molecule has 1 fully saturated rings. The predicted octanol–water partition coefficient (Wildman–Crippen LogP) is 4.51. The van der Waals surface area contributed by atoms with Gasteiger partial charge in [-0.15, -0.1) is 0 Å². The maximum atomic E-state index is 13.3. The van der Waals surface area contributed by atoms with Crippen LogP contribution in [0.15, 0.2) is 72.8 Å². The molecule has 3 aromatic rings. The minimum Gasteiger partial charge on any atom is -0.497 e. The van der Waals surface area contributed by atoms with E-state index < -0.39 is 0 Å². The molecule has 0 aliphatic carbocycles. The standard InChI is InChI=1S/C30H37ClN4O2/c1-34(2)26-12-8-22(9-13-26)16-17-32-30(36)29-18-25(33-19-23-10-14-27(37-3)15-11-23)21-35(29)20-24-6-4-5-7-28(24)31/h4-15,25,29,33H,16-21H2,1-3H3,(H,32,36)/t25-,29-/m0/s1. The van der Waals surface area contributed by atoms with E-state index >= 15 is 0 Å². The molecule has 2 N–H and O–H groups in total. The van der Waals surface area contributed by atoms with Crippen molar-refractivity contribution >= 4 is 23.2 Å². The number of likely N-dealkylation sites (tertiary alicyclic amines) is 1. The number of benzene rings is 3. The third kappa shape index (κ3) is 7.48. The molecule has 0 aromatic heterocycles. The van der Waals surface area contributed by atoms with Crippen molar-refractivity contribution < 1.29 is 9.53 Å². The molecule has 1 aliphatic rings. The Morgan fingerprint density at radius 1 is 1.03 bits per heavy atom. The second-order valence-electron chi connectivity index (χ2n) is 9.80. The summed E-state index contributed by atoms with van der Waals surface area (Å²) in [6, 6.07) is 24.4. The summed E-state index contributed by atoms with van der Waals surface area (Å²) in [5.41, 5.74) is 4.61. The van der Waals surface area contributed by atoms with Gasteiger partial charge in [-0.3, -0.25) is 9.69 Å². The Kier molecular flexibility index (Phi) is 9.45. The fraction of sp³-hybridized carbons (Fsp3) is 0.367. The lowest BCUT2D eigenvalue weighted by atomic mass is 10.1. The van der Waals surface area contributed by atoms with Gasteiger partial charge in [0.05, 0.1) is 13.2 Å². The number of carbonyl (C=O) groups excluding carboxylic acids is 1. The highest BCUT2D eigenvalue weighted by Gasteiger charge is 2.36. The van der Waals surface area contributed by atoms with Gasteiger partial charge in [0, 0.05) is 57.0 Å². The molecule has 0 bridgehead atoms. The fourth-order valence-electron chi connectivity index (χ4n) is 4.76. The maximum Gasteiger partial charge on any atom is 0.237 e. The van der Waals surface area contributed by atoms with Gasteiger partial charge >= 0.3 is 0 Å². The zero-order valence-electron chi connectivity index (χ0n) is 21.9. The smallest absolute Gasteiger partial charge is 0.237 e. The van der Waals surface area contributed by atoms with Crippen LogP contribution in [0.4, 0.5) is 5.69 Å². The molecule has 0 radical (unpaired) electrons. The molecule has 0 unspecified atom stereocenters. The van der Waals surface area contributed by atoms with Crippen molar-refractivity contribution in [3.05, 3.63) is 94.5 Å². The number of anilines is 1. The molecule has 2 atom stereocenters. The topological polar surface area (TPSA) is 56.8 Å². The molecule has 6 nitrogen and oxygen atoms in total. The van der Waals surface area contributed by atoms with E-state index in [1.165, 1.54) is 16.8 Å². The molecule has 1 saturated heterocycles. The zero-order chi connectivity index (χ0) is 26.2. The first-order valence-electron chi connectivity index (χ1n) is 12.8. The van der Waals surface area contributed by atoms with E-state index in [1.807, 2.05) is 50.5 Å². The Balaban J connectivity index is 1.36. The first kappa shape index (κ1) is 27.0. The Bertz CT molecular complexity index is 1150. The van der Waals surface area contributed by atoms with E-state index in [4.69, 9.17) is 16.3 Å². The second kappa shape index (κ2) is 13.0. The third-order valence-corrected chi connectivity index (χ3v) is 7.33. The molecular weight excluding hydrogens is 484 g/mol. The van der Waals surface area contributed by atoms with E-state index in [2.05, 4.69) is 56.8 Å². The van der Waals surface area contributed by atoms with Gasteiger partial charge in [0.1, 0.15) is 5.75 Å². The summed E-state index contributed by atoms with van der Waals surface area (Å²) < 4.78 is 5.26. The number of carbonyl (C=O) groups is 1. The molecule has 0 spiro atoms. The van der Waals surface area contributed by atoms with Gasteiger partial charge < -0.3 is 20.3 Å². The highest BCUT2D eigenvalue weighted by molar-refractivity contribution is 6.31. The lowest BCUT2D eigenvalue weighted by Crippen LogP contribution is -2.43. The van der Waals surface area contributed by atoms with Crippen LogP contribution in [0.2, 0.25) is 5.02 Å². The van der Waals surface area contributed by atoms with Crippen molar-refractivity contribution in [2.45, 2.75) is 38.0 Å². The number of nitrogens with one attached hydrogen (secondary N) is 2. The summed E-state index contributed by atoms with van der Waals surface area (Å²) in [6.07, 6.45) is 1.56. The van der Waals surface area contributed by atoms with Crippen molar-refractivity contribution in [1.29, 1.82) is 0 Å². The molecule has 37 heavy (non-hydrogen) atoms. The van der Waals surface area contributed by atoms with Gasteiger partial charge in [0.2, 0.25) is 5.91 Å². The predicted molar refractivity (Wildman–Crippen MR) is 151 cm³/mol. The molecule has 196 valence electrons. The van der Waals surface area contributed by atoms with E-state index in [1.54, 1.807) is 7.11 Å². The van der Waals surface area contributed by atoms with E-state index in [9.17, 15) is 4.79 Å². The van der Waals surface area contributed by atoms with E-state index in [0.717, 1.165) is 42.3 Å². The number of ether oxygens (including phenoxy) is 1. The quantitative estimate of drug-likeness (QED) is 0.390. The third-order valence-electron chi connectivity index (χ3n) is 6.96. The van der Waals surface area contributed by atoms with Gasteiger partial charge in [0.25, 0.3) is 0 Å².